The summed E-state index contributed by atoms with van der Waals surface area (Å²) in [6.07, 6.45) is 5.99. The van der Waals surface area contributed by atoms with E-state index in [0.717, 1.165) is 12.0 Å². The molecule has 0 aliphatic heterocycles. The Labute approximate surface area is 124 Å². The number of rotatable bonds is 5. The molecular formula is C16H22N2O3. The number of nitrogens with zero attached hydrogens (tertiary/aromatic N) is 1. The van der Waals surface area contributed by atoms with Crippen LogP contribution in [0.5, 0.6) is 0 Å². The molecule has 21 heavy (non-hydrogen) atoms. The van der Waals surface area contributed by atoms with Crippen LogP contribution in [0, 0.1) is 5.92 Å². The Morgan fingerprint density at radius 3 is 2.76 bits per heavy atom. The maximum atomic E-state index is 12.3. The van der Waals surface area contributed by atoms with Gasteiger partial charge in [-0.1, -0.05) is 20.3 Å². The summed E-state index contributed by atoms with van der Waals surface area (Å²) in [5, 5.41) is 11.9. The van der Waals surface area contributed by atoms with E-state index in [2.05, 4.69) is 9.88 Å². The Kier molecular flexibility index (Phi) is 4.50. The third kappa shape index (κ3) is 3.17. The minimum Gasteiger partial charge on any atom is -0.480 e. The lowest BCUT2D eigenvalue weighted by atomic mass is 9.95. The van der Waals surface area contributed by atoms with E-state index in [0.29, 0.717) is 18.4 Å². The fraction of sp³-hybridized carbons (Fsp3) is 0.500. The SMILES string of the molecule is CC[C@H](C)[C@H](NC(=O)C1=Cc2ccn(C)c2CC1)C(=O)O. The van der Waals surface area contributed by atoms with Crippen molar-refractivity contribution in [2.24, 2.45) is 13.0 Å². The number of aryl methyl sites for hydroxylation is 1. The maximum Gasteiger partial charge on any atom is 0.326 e. The van der Waals surface area contributed by atoms with E-state index in [-0.39, 0.29) is 11.8 Å². The van der Waals surface area contributed by atoms with Crippen molar-refractivity contribution in [1.29, 1.82) is 0 Å². The van der Waals surface area contributed by atoms with E-state index in [1.54, 1.807) is 0 Å². The molecule has 1 aliphatic rings. The van der Waals surface area contributed by atoms with Gasteiger partial charge >= 0.3 is 5.97 Å². The number of amides is 1. The fourth-order valence-corrected chi connectivity index (χ4v) is 2.64. The molecule has 1 amide bonds. The summed E-state index contributed by atoms with van der Waals surface area (Å²) < 4.78 is 2.06. The first-order valence-corrected chi connectivity index (χ1v) is 7.32. The molecule has 2 rings (SSSR count). The van der Waals surface area contributed by atoms with Crippen molar-refractivity contribution in [3.8, 4) is 0 Å². The zero-order valence-corrected chi connectivity index (χ0v) is 12.7. The van der Waals surface area contributed by atoms with Gasteiger partial charge in [0, 0.05) is 24.5 Å². The molecule has 114 valence electrons. The van der Waals surface area contributed by atoms with Crippen LogP contribution in [0.1, 0.15) is 37.9 Å². The Morgan fingerprint density at radius 2 is 2.14 bits per heavy atom. The summed E-state index contributed by atoms with van der Waals surface area (Å²) in [7, 11) is 1.99. The van der Waals surface area contributed by atoms with Crippen LogP contribution in [0.25, 0.3) is 6.08 Å². The number of aromatic nitrogens is 1. The van der Waals surface area contributed by atoms with Gasteiger partial charge in [-0.2, -0.15) is 0 Å². The minimum absolute atomic E-state index is 0.0945. The highest BCUT2D eigenvalue weighted by Gasteiger charge is 2.27. The lowest BCUT2D eigenvalue weighted by Crippen LogP contribution is -2.45. The first-order valence-electron chi connectivity index (χ1n) is 7.32. The molecule has 0 spiro atoms. The highest BCUT2D eigenvalue weighted by atomic mass is 16.4. The van der Waals surface area contributed by atoms with Gasteiger partial charge in [-0.25, -0.2) is 4.79 Å². The number of carbonyl (C=O) groups is 2. The topological polar surface area (TPSA) is 71.3 Å². The second-order valence-corrected chi connectivity index (χ2v) is 5.67. The number of fused-ring (bicyclic) bond motifs is 1. The molecule has 0 radical (unpaired) electrons. The Morgan fingerprint density at radius 1 is 1.43 bits per heavy atom. The van der Waals surface area contributed by atoms with Crippen LogP contribution < -0.4 is 5.32 Å². The van der Waals surface area contributed by atoms with Gasteiger partial charge in [0.15, 0.2) is 0 Å². The highest BCUT2D eigenvalue weighted by Crippen LogP contribution is 2.24. The molecule has 0 fully saturated rings. The van der Waals surface area contributed by atoms with Crippen LogP contribution in [-0.4, -0.2) is 27.6 Å². The number of hydrogen-bond donors (Lipinski definition) is 2. The van der Waals surface area contributed by atoms with E-state index in [1.807, 2.05) is 39.2 Å². The third-order valence-corrected chi connectivity index (χ3v) is 4.25. The Hall–Kier alpha value is -2.04. The van der Waals surface area contributed by atoms with Gasteiger partial charge in [0.2, 0.25) is 5.91 Å². The number of hydrogen-bond acceptors (Lipinski definition) is 2. The molecule has 0 saturated carbocycles. The zero-order chi connectivity index (χ0) is 15.6. The standard InChI is InChI=1S/C16H22N2O3/c1-4-10(2)14(16(20)21)17-15(19)12-5-6-13-11(9-12)7-8-18(13)3/h7-10,14H,4-6H2,1-3H3,(H,17,19)(H,20,21)/t10-,14-/m0/s1. The molecule has 1 heterocycles. The Balaban J connectivity index is 2.14. The van der Waals surface area contributed by atoms with Crippen LogP contribution in [0.2, 0.25) is 0 Å². The van der Waals surface area contributed by atoms with Crippen molar-refractivity contribution in [2.75, 3.05) is 0 Å². The molecule has 0 saturated heterocycles. The largest absolute Gasteiger partial charge is 0.480 e. The first-order chi connectivity index (χ1) is 9.93. The monoisotopic (exact) mass is 290 g/mol. The number of carboxylic acid groups (broad SMARTS) is 1. The lowest BCUT2D eigenvalue weighted by Gasteiger charge is -2.22. The quantitative estimate of drug-likeness (QED) is 0.871. The average Bonchev–Trinajstić information content (AvgIpc) is 2.84. The second kappa shape index (κ2) is 6.16. The molecular weight excluding hydrogens is 268 g/mol. The van der Waals surface area contributed by atoms with E-state index in [1.165, 1.54) is 5.69 Å². The number of aliphatic carboxylic acids is 1. The second-order valence-electron chi connectivity index (χ2n) is 5.67. The molecule has 1 aliphatic carbocycles. The molecule has 0 aromatic carbocycles. The van der Waals surface area contributed by atoms with Gasteiger partial charge in [0.05, 0.1) is 0 Å². The normalized spacial score (nSPS) is 16.6. The van der Waals surface area contributed by atoms with Gasteiger partial charge in [0.25, 0.3) is 0 Å². The predicted octanol–water partition coefficient (Wildman–Crippen LogP) is 1.97. The smallest absolute Gasteiger partial charge is 0.326 e. The van der Waals surface area contributed by atoms with Gasteiger partial charge < -0.3 is 15.0 Å². The summed E-state index contributed by atoms with van der Waals surface area (Å²) in [6.45, 7) is 3.76. The zero-order valence-electron chi connectivity index (χ0n) is 12.7. The van der Waals surface area contributed by atoms with Crippen molar-refractivity contribution < 1.29 is 14.7 Å². The first kappa shape index (κ1) is 15.4. The third-order valence-electron chi connectivity index (χ3n) is 4.25. The van der Waals surface area contributed by atoms with E-state index < -0.39 is 12.0 Å². The van der Waals surface area contributed by atoms with E-state index >= 15 is 0 Å². The van der Waals surface area contributed by atoms with Crippen molar-refractivity contribution in [2.45, 2.75) is 39.2 Å². The molecule has 1 aromatic rings. The molecule has 5 nitrogen and oxygen atoms in total. The summed E-state index contributed by atoms with van der Waals surface area (Å²) in [6, 6.07) is 1.14. The van der Waals surface area contributed by atoms with Crippen LogP contribution >= 0.6 is 0 Å². The van der Waals surface area contributed by atoms with E-state index in [9.17, 15) is 14.7 Å². The number of nitrogens with one attached hydrogen (secondary N) is 1. The maximum absolute atomic E-state index is 12.3. The number of carbonyl (C=O) groups excluding carboxylic acids is 1. The van der Waals surface area contributed by atoms with Crippen LogP contribution in [0.15, 0.2) is 17.8 Å². The van der Waals surface area contributed by atoms with Crippen molar-refractivity contribution in [1.82, 2.24) is 9.88 Å². The van der Waals surface area contributed by atoms with Crippen molar-refractivity contribution >= 4 is 18.0 Å². The number of carboxylic acids is 1. The van der Waals surface area contributed by atoms with Gasteiger partial charge in [0.1, 0.15) is 6.04 Å². The van der Waals surface area contributed by atoms with Crippen LogP contribution in [0.3, 0.4) is 0 Å². The molecule has 5 heteroatoms. The lowest BCUT2D eigenvalue weighted by molar-refractivity contribution is -0.142. The molecule has 2 N–H and O–H groups in total. The van der Waals surface area contributed by atoms with Gasteiger partial charge in [-0.05, 0) is 36.5 Å². The summed E-state index contributed by atoms with van der Waals surface area (Å²) >= 11 is 0. The average molecular weight is 290 g/mol. The van der Waals surface area contributed by atoms with Gasteiger partial charge in [-0.3, -0.25) is 4.79 Å². The van der Waals surface area contributed by atoms with Crippen LogP contribution in [-0.2, 0) is 23.1 Å². The fourth-order valence-electron chi connectivity index (χ4n) is 2.64. The summed E-state index contributed by atoms with van der Waals surface area (Å²) in [5.41, 5.74) is 2.91. The minimum atomic E-state index is -0.977. The Bertz CT molecular complexity index is 586. The molecule has 1 aromatic heterocycles. The van der Waals surface area contributed by atoms with Crippen LogP contribution in [0.4, 0.5) is 0 Å². The van der Waals surface area contributed by atoms with E-state index in [4.69, 9.17) is 0 Å². The predicted molar refractivity (Wildman–Crippen MR) is 80.7 cm³/mol. The molecule has 0 unspecified atom stereocenters. The molecule has 0 bridgehead atoms. The van der Waals surface area contributed by atoms with Crippen molar-refractivity contribution in [3.63, 3.8) is 0 Å². The van der Waals surface area contributed by atoms with Crippen molar-refractivity contribution in [3.05, 3.63) is 29.1 Å². The van der Waals surface area contributed by atoms with Gasteiger partial charge in [-0.15, -0.1) is 0 Å². The summed E-state index contributed by atoms with van der Waals surface area (Å²) in [4.78, 5) is 23.6. The highest BCUT2D eigenvalue weighted by molar-refractivity contribution is 6.00. The molecule has 2 atom stereocenters. The summed E-state index contributed by atoms with van der Waals surface area (Å²) in [5.74, 6) is -1.34.